The predicted octanol–water partition coefficient (Wildman–Crippen LogP) is -5.14. The van der Waals surface area contributed by atoms with Gasteiger partial charge in [0, 0.05) is 11.1 Å². The Labute approximate surface area is 222 Å². The zero-order valence-electron chi connectivity index (χ0n) is 17.9. The fraction of sp³-hybridized carbons (Fsp3) is 0.294. The molecular weight excluding hydrogens is 497 g/mol. The molecule has 0 bridgehead atoms. The Morgan fingerprint density at radius 2 is 2.24 bits per heavy atom. The first-order chi connectivity index (χ1) is 15.8. The standard InChI is InChI=1S/C17H17N9O5S2.Na/c1-7-21-23-24-25(7)4-2-3-8-5-32-15-11(14(28)26(15)12(8)16(29)30)20-13(27)10(22-31)9-6-33-17(18)19-9;/h2-3,6,11,15,31H,4-5H2,1H3,(H2,18,19)(H,20,27)(H,29,30);/q;+1/p-1/b3-2-,22-10?;/t11?,15-;/m1./s1. The molecule has 1 saturated heterocycles. The molecule has 0 spiro atoms. The van der Waals surface area contributed by atoms with Crippen molar-refractivity contribution in [1.82, 2.24) is 35.4 Å². The van der Waals surface area contributed by atoms with Crippen LogP contribution in [0.1, 0.15) is 11.5 Å². The van der Waals surface area contributed by atoms with Crippen LogP contribution >= 0.6 is 23.1 Å². The number of hydrogen-bond donors (Lipinski definition) is 3. The fourth-order valence-corrected chi connectivity index (χ4v) is 5.16. The maximum atomic E-state index is 12.7. The number of carboxylic acids is 1. The number of thioether (sulfide) groups is 1. The molecule has 2 aliphatic heterocycles. The summed E-state index contributed by atoms with van der Waals surface area (Å²) in [5.74, 6) is -2.12. The average Bonchev–Trinajstić information content (AvgIpc) is 3.39. The number of oxime groups is 1. The predicted molar refractivity (Wildman–Crippen MR) is 114 cm³/mol. The van der Waals surface area contributed by atoms with Gasteiger partial charge >= 0.3 is 29.6 Å². The first-order valence-electron chi connectivity index (χ1n) is 9.34. The maximum Gasteiger partial charge on any atom is 1.00 e. The number of carbonyl (C=O) groups is 3. The van der Waals surface area contributed by atoms with Gasteiger partial charge in [-0.25, -0.2) is 9.67 Å². The molecule has 172 valence electrons. The van der Waals surface area contributed by atoms with E-state index in [0.717, 1.165) is 16.2 Å². The third-order valence-corrected chi connectivity index (χ3v) is 6.84. The van der Waals surface area contributed by atoms with Crippen LogP contribution in [-0.2, 0) is 20.9 Å². The van der Waals surface area contributed by atoms with Crippen LogP contribution < -0.4 is 45.7 Å². The molecule has 34 heavy (non-hydrogen) atoms. The Morgan fingerprint density at radius 1 is 1.47 bits per heavy atom. The smallest absolute Gasteiger partial charge is 0.543 e. The van der Waals surface area contributed by atoms with E-state index in [1.807, 2.05) is 0 Å². The Balaban J connectivity index is 0.00000324. The minimum atomic E-state index is -1.51. The molecule has 14 nitrogen and oxygen atoms in total. The number of nitrogens with one attached hydrogen (secondary N) is 1. The molecule has 0 saturated carbocycles. The van der Waals surface area contributed by atoms with Crippen LogP contribution in [0.25, 0.3) is 0 Å². The zero-order valence-corrected chi connectivity index (χ0v) is 21.5. The van der Waals surface area contributed by atoms with Gasteiger partial charge in [-0.05, 0) is 22.9 Å². The Kier molecular flexibility index (Phi) is 8.09. The second kappa shape index (κ2) is 10.6. The monoisotopic (exact) mass is 513 g/mol. The van der Waals surface area contributed by atoms with Crippen molar-refractivity contribution in [2.75, 3.05) is 11.5 Å². The first-order valence-corrected chi connectivity index (χ1v) is 11.3. The van der Waals surface area contributed by atoms with Crippen molar-refractivity contribution >= 4 is 51.7 Å². The summed E-state index contributed by atoms with van der Waals surface area (Å²) < 4.78 is 1.52. The third kappa shape index (κ3) is 4.85. The number of hydrogen-bond acceptors (Lipinski definition) is 13. The van der Waals surface area contributed by atoms with Crippen LogP contribution in [0.15, 0.2) is 34.0 Å². The number of nitrogen functional groups attached to an aromatic ring is 1. The average molecular weight is 513 g/mol. The number of allylic oxidation sites excluding steroid dienone is 2. The number of fused-ring (bicyclic) bond motifs is 1. The minimum absolute atomic E-state index is 0. The summed E-state index contributed by atoms with van der Waals surface area (Å²) in [7, 11) is 0. The second-order valence-electron chi connectivity index (χ2n) is 6.85. The van der Waals surface area contributed by atoms with E-state index in [1.54, 1.807) is 19.1 Å². The number of aliphatic carboxylic acids is 1. The van der Waals surface area contributed by atoms with Crippen molar-refractivity contribution in [3.63, 3.8) is 0 Å². The largest absolute Gasteiger partial charge is 1.00 e. The van der Waals surface area contributed by atoms with Crippen LogP contribution in [0.4, 0.5) is 5.13 Å². The number of carbonyl (C=O) groups excluding carboxylic acids is 3. The van der Waals surface area contributed by atoms with Crippen molar-refractivity contribution in [3.8, 4) is 0 Å². The van der Waals surface area contributed by atoms with E-state index in [2.05, 4.69) is 31.0 Å². The molecule has 4 N–H and O–H groups in total. The summed E-state index contributed by atoms with van der Waals surface area (Å²) in [4.78, 5) is 42.0. The number of carboxylic acid groups (broad SMARTS) is 1. The van der Waals surface area contributed by atoms with E-state index in [1.165, 1.54) is 21.8 Å². The minimum Gasteiger partial charge on any atom is -0.543 e. The molecule has 2 aliphatic rings. The maximum absolute atomic E-state index is 12.7. The van der Waals surface area contributed by atoms with Gasteiger partial charge in [-0.1, -0.05) is 17.3 Å². The number of amides is 2. The first kappa shape index (κ1) is 25.8. The molecule has 17 heteroatoms. The van der Waals surface area contributed by atoms with Crippen molar-refractivity contribution < 1.29 is 54.3 Å². The van der Waals surface area contributed by atoms with E-state index in [4.69, 9.17) is 5.73 Å². The Bertz CT molecular complexity index is 1220. The van der Waals surface area contributed by atoms with Crippen LogP contribution in [0, 0.1) is 6.92 Å². The topological polar surface area (TPSA) is 205 Å². The second-order valence-corrected chi connectivity index (χ2v) is 8.85. The molecule has 2 aromatic rings. The van der Waals surface area contributed by atoms with Crippen LogP contribution in [-0.4, -0.2) is 76.0 Å². The van der Waals surface area contributed by atoms with Crippen LogP contribution in [0.5, 0.6) is 0 Å². The third-order valence-electron chi connectivity index (χ3n) is 4.87. The number of aromatic nitrogens is 5. The molecule has 2 atom stereocenters. The number of tetrazole rings is 1. The van der Waals surface area contributed by atoms with Crippen LogP contribution in [0.3, 0.4) is 0 Å². The summed E-state index contributed by atoms with van der Waals surface area (Å²) in [6.45, 7) is 2.04. The molecule has 4 rings (SSSR count). The molecule has 0 aromatic carbocycles. The number of anilines is 1. The van der Waals surface area contributed by atoms with E-state index >= 15 is 0 Å². The van der Waals surface area contributed by atoms with Crippen LogP contribution in [0.2, 0.25) is 0 Å². The summed E-state index contributed by atoms with van der Waals surface area (Å²) in [5, 5.41) is 38.5. The summed E-state index contributed by atoms with van der Waals surface area (Å²) >= 11 is 2.32. The van der Waals surface area contributed by atoms with Gasteiger partial charge in [-0.15, -0.1) is 28.2 Å². The fourth-order valence-electron chi connectivity index (χ4n) is 3.29. The van der Waals surface area contributed by atoms with E-state index in [9.17, 15) is 24.7 Å². The summed E-state index contributed by atoms with van der Waals surface area (Å²) in [6, 6.07) is -1.01. The molecular formula is C17H16N9NaO5S2. The normalized spacial score (nSPS) is 20.1. The van der Waals surface area contributed by atoms with E-state index in [-0.39, 0.29) is 51.8 Å². The molecule has 4 heterocycles. The van der Waals surface area contributed by atoms with Gasteiger partial charge in [0.1, 0.15) is 22.9 Å². The Morgan fingerprint density at radius 3 is 2.82 bits per heavy atom. The summed E-state index contributed by atoms with van der Waals surface area (Å²) in [5.41, 5.74) is 5.30. The molecule has 2 amide bonds. The molecule has 2 aromatic heterocycles. The van der Waals surface area contributed by atoms with Crippen molar-refractivity contribution in [2.45, 2.75) is 24.9 Å². The van der Waals surface area contributed by atoms with Gasteiger partial charge in [-0.2, -0.15) is 0 Å². The van der Waals surface area contributed by atoms with Crippen molar-refractivity contribution in [1.29, 1.82) is 0 Å². The van der Waals surface area contributed by atoms with Gasteiger partial charge in [-0.3, -0.25) is 14.5 Å². The quantitative estimate of drug-likeness (QED) is 0.105. The number of thiazole rings is 1. The molecule has 0 aliphatic carbocycles. The number of aryl methyl sites for hydroxylation is 1. The van der Waals surface area contributed by atoms with Gasteiger partial charge in [0.05, 0.1) is 18.2 Å². The SMILES string of the molecule is Cc1nnnn1C/C=C\C1=C(C(=O)[O-])N2C(=O)C(NC(=O)C(=NO)c3csc(N)n3)[C@H]2SC1.[Na+]. The zero-order chi connectivity index (χ0) is 23.7. The number of rotatable bonds is 7. The van der Waals surface area contributed by atoms with E-state index in [0.29, 0.717) is 17.9 Å². The van der Waals surface area contributed by atoms with Gasteiger partial charge in [0.25, 0.3) is 11.8 Å². The van der Waals surface area contributed by atoms with Crippen molar-refractivity contribution in [3.05, 3.63) is 40.3 Å². The van der Waals surface area contributed by atoms with Gasteiger partial charge < -0.3 is 26.2 Å². The number of nitrogens with two attached hydrogens (primary N) is 1. The van der Waals surface area contributed by atoms with E-state index < -0.39 is 34.9 Å². The van der Waals surface area contributed by atoms with Crippen molar-refractivity contribution in [2.24, 2.45) is 5.16 Å². The van der Waals surface area contributed by atoms with Gasteiger partial charge in [0.15, 0.2) is 10.8 Å². The Hall–Kier alpha value is -2.79. The molecule has 1 fully saturated rings. The molecule has 0 radical (unpaired) electrons. The summed E-state index contributed by atoms with van der Waals surface area (Å²) in [6.07, 6.45) is 3.26. The number of nitrogens with zero attached hydrogens (tertiary/aromatic N) is 7. The molecule has 1 unspecified atom stereocenters. The number of β-lactam (4-membered cyclic amide) rings is 1. The van der Waals surface area contributed by atoms with Gasteiger partial charge in [0.2, 0.25) is 0 Å².